The summed E-state index contributed by atoms with van der Waals surface area (Å²) < 4.78 is 5.80. The molecule has 1 aliphatic heterocycles. The highest BCUT2D eigenvalue weighted by Crippen LogP contribution is 2.14. The van der Waals surface area contributed by atoms with Crippen LogP contribution in [0.4, 0.5) is 0 Å². The lowest BCUT2D eigenvalue weighted by atomic mass is 10.1. The molecule has 1 saturated heterocycles. The lowest BCUT2D eigenvalue weighted by Crippen LogP contribution is -2.25. The predicted octanol–water partition coefficient (Wildman–Crippen LogP) is 4.12. The monoisotopic (exact) mass is 240 g/mol. The number of unbranched alkanes of at least 4 members (excludes halogenated alkanes) is 6. The van der Waals surface area contributed by atoms with Crippen LogP contribution in [0, 0.1) is 0 Å². The van der Waals surface area contributed by atoms with Gasteiger partial charge >= 0.3 is 0 Å². The van der Waals surface area contributed by atoms with Gasteiger partial charge in [0.2, 0.25) is 0 Å². The van der Waals surface area contributed by atoms with E-state index in [-0.39, 0.29) is 15.2 Å². The Morgan fingerprint density at radius 2 is 1.75 bits per heavy atom. The van der Waals surface area contributed by atoms with Crippen molar-refractivity contribution in [3.05, 3.63) is 0 Å². The van der Waals surface area contributed by atoms with Gasteiger partial charge < -0.3 is 4.74 Å². The minimum Gasteiger partial charge on any atom is -0.394 e. The molecular weight excluding hydrogens is 211 g/mol. The molecule has 0 saturated carbocycles. The van der Waals surface area contributed by atoms with E-state index in [0.29, 0.717) is 0 Å². The smallest absolute Gasteiger partial charge is 0.282 e. The molecule has 0 spiro atoms. The van der Waals surface area contributed by atoms with Crippen molar-refractivity contribution in [2.75, 3.05) is 6.61 Å². The molecule has 16 heavy (non-hydrogen) atoms. The summed E-state index contributed by atoms with van der Waals surface area (Å²) in [4.78, 5) is 0.744. The van der Waals surface area contributed by atoms with Gasteiger partial charge in [-0.2, -0.15) is 0 Å². The van der Waals surface area contributed by atoms with Crippen molar-refractivity contribution in [2.24, 2.45) is 0 Å². The molecule has 1 aliphatic rings. The van der Waals surface area contributed by atoms with E-state index in [4.69, 9.17) is 4.74 Å². The molecule has 94 valence electrons. The maximum atomic E-state index is 5.80. The van der Waals surface area contributed by atoms with Crippen LogP contribution in [0.5, 0.6) is 0 Å². The molecule has 0 amide bonds. The molecule has 0 N–H and O–H groups in total. The molecule has 1 atom stereocenters. The molecule has 1 rings (SSSR count). The van der Waals surface area contributed by atoms with Crippen LogP contribution in [0.3, 0.4) is 0 Å². The fourth-order valence-corrected chi connectivity index (χ4v) is 4.55. The largest absolute Gasteiger partial charge is 0.394 e. The van der Waals surface area contributed by atoms with Crippen molar-refractivity contribution in [3.63, 3.8) is 0 Å². The Hall–Kier alpha value is 0.492. The standard InChI is InChI=1S/C9H19.C5H9O.Al.H/c1-3-5-7-9-8-6-4-2;1-2-4-6-5-3-1;;/h1,3-9H2,2H3;4H,1-3,5H2;;. The Labute approximate surface area is 108 Å². The number of hydrogen-bond donors (Lipinski definition) is 0. The molecule has 1 nitrogen and oxygen atoms in total. The molecule has 1 heterocycles. The fourth-order valence-electron chi connectivity index (χ4n) is 2.54. The van der Waals surface area contributed by atoms with Gasteiger partial charge in [0.25, 0.3) is 15.2 Å². The van der Waals surface area contributed by atoms with Crippen LogP contribution in [0.1, 0.15) is 71.1 Å². The quantitative estimate of drug-likeness (QED) is 0.435. The SMILES string of the molecule is CCCCCCCC[CH2][AlH][CH]1CCCCO1. The van der Waals surface area contributed by atoms with E-state index in [1.54, 1.807) is 0 Å². The first-order valence-electron chi connectivity index (χ1n) is 7.55. The molecule has 0 bridgehead atoms. The first kappa shape index (κ1) is 14.6. The third-order valence-electron chi connectivity index (χ3n) is 3.65. The predicted molar refractivity (Wildman–Crippen MR) is 73.5 cm³/mol. The summed E-state index contributed by atoms with van der Waals surface area (Å²) >= 11 is 0.0995. The van der Waals surface area contributed by atoms with E-state index in [1.165, 1.54) is 69.5 Å². The summed E-state index contributed by atoms with van der Waals surface area (Å²) in [6, 6.07) is 0. The van der Waals surface area contributed by atoms with Gasteiger partial charge in [0.15, 0.2) is 0 Å². The van der Waals surface area contributed by atoms with Gasteiger partial charge in [0.05, 0.1) is 0 Å². The van der Waals surface area contributed by atoms with Crippen molar-refractivity contribution in [1.82, 2.24) is 0 Å². The summed E-state index contributed by atoms with van der Waals surface area (Å²) in [5.41, 5.74) is 0. The highest BCUT2D eigenvalue weighted by molar-refractivity contribution is 6.37. The summed E-state index contributed by atoms with van der Waals surface area (Å²) in [6.45, 7) is 3.34. The Kier molecular flexibility index (Phi) is 9.67. The van der Waals surface area contributed by atoms with Crippen molar-refractivity contribution in [2.45, 2.75) is 81.4 Å². The average molecular weight is 240 g/mol. The van der Waals surface area contributed by atoms with E-state index < -0.39 is 0 Å². The lowest BCUT2D eigenvalue weighted by molar-refractivity contribution is 0.0649. The van der Waals surface area contributed by atoms with Crippen LogP contribution in [-0.4, -0.2) is 26.8 Å². The van der Waals surface area contributed by atoms with E-state index in [0.717, 1.165) is 11.6 Å². The molecule has 0 aromatic carbocycles. The second kappa shape index (κ2) is 10.6. The average Bonchev–Trinajstić information content (AvgIpc) is 2.34. The zero-order chi connectivity index (χ0) is 11.5. The third-order valence-corrected chi connectivity index (χ3v) is 5.85. The molecule has 1 unspecified atom stereocenters. The second-order valence-corrected chi connectivity index (χ2v) is 7.45. The number of hydrogen-bond acceptors (Lipinski definition) is 1. The maximum Gasteiger partial charge on any atom is 0.282 e. The number of rotatable bonds is 9. The Balaban J connectivity index is 1.77. The summed E-state index contributed by atoms with van der Waals surface area (Å²) in [5.74, 6) is 0. The maximum absolute atomic E-state index is 5.80. The zero-order valence-electron chi connectivity index (χ0n) is 11.2. The molecule has 0 aromatic rings. The summed E-state index contributed by atoms with van der Waals surface area (Å²) in [6.07, 6.45) is 14.3. The van der Waals surface area contributed by atoms with Crippen molar-refractivity contribution in [3.8, 4) is 0 Å². The van der Waals surface area contributed by atoms with Crippen LogP contribution in [0.25, 0.3) is 0 Å². The van der Waals surface area contributed by atoms with Crippen molar-refractivity contribution >= 4 is 15.2 Å². The lowest BCUT2D eigenvalue weighted by Gasteiger charge is -2.21. The minimum absolute atomic E-state index is 0.0995. The minimum atomic E-state index is 0.0995. The Bertz CT molecular complexity index is 144. The van der Waals surface area contributed by atoms with E-state index in [2.05, 4.69) is 6.92 Å². The van der Waals surface area contributed by atoms with Gasteiger partial charge in [-0.1, -0.05) is 57.2 Å². The van der Waals surface area contributed by atoms with E-state index in [9.17, 15) is 0 Å². The van der Waals surface area contributed by atoms with Gasteiger partial charge in [-0.05, 0) is 19.3 Å². The third kappa shape index (κ3) is 7.71. The van der Waals surface area contributed by atoms with Crippen LogP contribution >= 0.6 is 0 Å². The number of ether oxygens (including phenoxy) is 1. The van der Waals surface area contributed by atoms with Crippen LogP contribution < -0.4 is 0 Å². The molecular formula is C14H29AlO. The Morgan fingerprint density at radius 3 is 2.44 bits per heavy atom. The normalized spacial score (nSPS) is 20.9. The zero-order valence-corrected chi connectivity index (χ0v) is 12.6. The van der Waals surface area contributed by atoms with Gasteiger partial charge in [-0.3, -0.25) is 0 Å². The summed E-state index contributed by atoms with van der Waals surface area (Å²) in [7, 11) is 0. The molecule has 0 radical (unpaired) electrons. The van der Waals surface area contributed by atoms with Gasteiger partial charge in [-0.25, -0.2) is 0 Å². The van der Waals surface area contributed by atoms with Crippen LogP contribution in [0.15, 0.2) is 0 Å². The Morgan fingerprint density at radius 1 is 1.00 bits per heavy atom. The molecule has 0 aromatic heterocycles. The van der Waals surface area contributed by atoms with Crippen LogP contribution in [-0.2, 0) is 4.74 Å². The highest BCUT2D eigenvalue weighted by Gasteiger charge is 2.14. The molecule has 0 aliphatic carbocycles. The topological polar surface area (TPSA) is 9.23 Å². The van der Waals surface area contributed by atoms with E-state index in [1.807, 2.05) is 0 Å². The first-order chi connectivity index (χ1) is 7.93. The van der Waals surface area contributed by atoms with Gasteiger partial charge in [-0.15, -0.1) is 0 Å². The highest BCUT2D eigenvalue weighted by atomic mass is 27.1. The second-order valence-electron chi connectivity index (χ2n) is 5.25. The van der Waals surface area contributed by atoms with Crippen LogP contribution in [0.2, 0.25) is 5.28 Å². The molecule has 2 heteroatoms. The van der Waals surface area contributed by atoms with E-state index >= 15 is 0 Å². The fraction of sp³-hybridized carbons (Fsp3) is 1.00. The van der Waals surface area contributed by atoms with Gasteiger partial charge in [0, 0.05) is 11.6 Å². The summed E-state index contributed by atoms with van der Waals surface area (Å²) in [5, 5.41) is 1.53. The molecule has 1 fully saturated rings. The van der Waals surface area contributed by atoms with Gasteiger partial charge in [0.1, 0.15) is 0 Å². The van der Waals surface area contributed by atoms with Crippen molar-refractivity contribution < 1.29 is 4.74 Å². The van der Waals surface area contributed by atoms with Crippen molar-refractivity contribution in [1.29, 1.82) is 0 Å². The first-order valence-corrected chi connectivity index (χ1v) is 9.36.